The summed E-state index contributed by atoms with van der Waals surface area (Å²) in [6.07, 6.45) is 5.86. The van der Waals surface area contributed by atoms with E-state index in [2.05, 4.69) is 30.2 Å². The van der Waals surface area contributed by atoms with E-state index in [-0.39, 0.29) is 11.4 Å². The maximum atomic E-state index is 10.1. The van der Waals surface area contributed by atoms with Crippen LogP contribution < -0.4 is 16.4 Å². The number of hydrogen-bond acceptors (Lipinski definition) is 5. The summed E-state index contributed by atoms with van der Waals surface area (Å²) in [6.45, 7) is 9.48. The highest BCUT2D eigenvalue weighted by Gasteiger charge is 2.07. The van der Waals surface area contributed by atoms with Gasteiger partial charge in [0, 0.05) is 30.5 Å². The van der Waals surface area contributed by atoms with Gasteiger partial charge in [0.1, 0.15) is 5.69 Å². The molecule has 26 heavy (non-hydrogen) atoms. The molecule has 0 fully saturated rings. The molecule has 138 valence electrons. The molecule has 0 amide bonds. The Morgan fingerprint density at radius 3 is 1.92 bits per heavy atom. The number of para-hydroxylation sites is 2. The first-order valence-corrected chi connectivity index (χ1v) is 8.30. The lowest BCUT2D eigenvalue weighted by atomic mass is 10.2. The van der Waals surface area contributed by atoms with Gasteiger partial charge in [-0.15, -0.1) is 13.2 Å². The Balaban J connectivity index is 0.000000289. The van der Waals surface area contributed by atoms with Crippen LogP contribution in [0.25, 0.3) is 0 Å². The Morgan fingerprint density at radius 1 is 0.962 bits per heavy atom. The number of nitrogens with zero attached hydrogens (tertiary/aromatic N) is 2. The highest BCUT2D eigenvalue weighted by molar-refractivity contribution is 5.57. The maximum absolute atomic E-state index is 10.1. The van der Waals surface area contributed by atoms with Crippen molar-refractivity contribution >= 4 is 22.7 Å². The first-order chi connectivity index (χ1) is 12.5. The number of nitro groups is 1. The standard InChI is InChI=1S/C14H20N2.C6H6N2O2/c1-3-5-11-16(12-6-4-2)14-9-7-13(15)8-10-14;7-5-3-1-2-4-6(5)8(9)10/h3-4,7-10H,1-2,5-6,11-12,15H2;1-4H,7H2. The highest BCUT2D eigenvalue weighted by Crippen LogP contribution is 2.18. The number of nitrogen functional groups attached to an aromatic ring is 2. The van der Waals surface area contributed by atoms with Crippen molar-refractivity contribution in [1.82, 2.24) is 0 Å². The summed E-state index contributed by atoms with van der Waals surface area (Å²) >= 11 is 0. The lowest BCUT2D eigenvalue weighted by Gasteiger charge is -2.23. The molecular formula is C20H26N4O2. The van der Waals surface area contributed by atoms with Gasteiger partial charge in [-0.3, -0.25) is 10.1 Å². The zero-order valence-electron chi connectivity index (χ0n) is 14.9. The van der Waals surface area contributed by atoms with Gasteiger partial charge in [-0.25, -0.2) is 0 Å². The fourth-order valence-corrected chi connectivity index (χ4v) is 2.20. The molecule has 0 aliphatic carbocycles. The van der Waals surface area contributed by atoms with Gasteiger partial charge < -0.3 is 16.4 Å². The molecule has 2 aromatic rings. The zero-order chi connectivity index (χ0) is 19.4. The maximum Gasteiger partial charge on any atom is 0.292 e. The third-order valence-corrected chi connectivity index (χ3v) is 3.60. The number of nitro benzene ring substituents is 1. The topological polar surface area (TPSA) is 98.4 Å². The van der Waals surface area contributed by atoms with Crippen molar-refractivity contribution in [2.45, 2.75) is 12.8 Å². The van der Waals surface area contributed by atoms with Gasteiger partial charge in [-0.1, -0.05) is 24.3 Å². The van der Waals surface area contributed by atoms with Gasteiger partial charge in [-0.2, -0.15) is 0 Å². The lowest BCUT2D eigenvalue weighted by Crippen LogP contribution is -2.24. The molecular weight excluding hydrogens is 328 g/mol. The molecule has 6 nitrogen and oxygen atoms in total. The van der Waals surface area contributed by atoms with Crippen molar-refractivity contribution in [2.75, 3.05) is 29.5 Å². The Labute approximate surface area is 154 Å². The van der Waals surface area contributed by atoms with E-state index in [1.54, 1.807) is 12.1 Å². The zero-order valence-corrected chi connectivity index (χ0v) is 14.9. The molecule has 0 spiro atoms. The van der Waals surface area contributed by atoms with Crippen molar-refractivity contribution in [3.05, 3.63) is 84.0 Å². The average molecular weight is 354 g/mol. The van der Waals surface area contributed by atoms with Crippen LogP contribution >= 0.6 is 0 Å². The van der Waals surface area contributed by atoms with Gasteiger partial charge >= 0.3 is 0 Å². The Kier molecular flexibility index (Phi) is 9.03. The summed E-state index contributed by atoms with van der Waals surface area (Å²) in [6, 6.07) is 14.1. The van der Waals surface area contributed by atoms with Crippen LogP contribution in [0.1, 0.15) is 12.8 Å². The third-order valence-electron chi connectivity index (χ3n) is 3.60. The minimum atomic E-state index is -0.505. The van der Waals surface area contributed by atoms with Crippen LogP contribution in [0.3, 0.4) is 0 Å². The van der Waals surface area contributed by atoms with E-state index in [0.717, 1.165) is 31.6 Å². The van der Waals surface area contributed by atoms with Gasteiger partial charge in [-0.05, 0) is 43.2 Å². The molecule has 0 saturated carbocycles. The molecule has 4 N–H and O–H groups in total. The van der Waals surface area contributed by atoms with Crippen molar-refractivity contribution in [3.8, 4) is 0 Å². The summed E-state index contributed by atoms with van der Waals surface area (Å²) in [5.74, 6) is 0. The monoisotopic (exact) mass is 354 g/mol. The van der Waals surface area contributed by atoms with Crippen LogP contribution in [0.15, 0.2) is 73.8 Å². The first kappa shape index (κ1) is 20.8. The van der Waals surface area contributed by atoms with Crippen LogP contribution in [-0.2, 0) is 0 Å². The van der Waals surface area contributed by atoms with Crippen LogP contribution in [0, 0.1) is 10.1 Å². The van der Waals surface area contributed by atoms with E-state index in [9.17, 15) is 10.1 Å². The minimum Gasteiger partial charge on any atom is -0.399 e. The van der Waals surface area contributed by atoms with Crippen molar-refractivity contribution in [1.29, 1.82) is 0 Å². The minimum absolute atomic E-state index is 0.0394. The van der Waals surface area contributed by atoms with E-state index in [1.165, 1.54) is 17.8 Å². The second-order valence-electron chi connectivity index (χ2n) is 5.55. The van der Waals surface area contributed by atoms with E-state index in [0.29, 0.717) is 0 Å². The van der Waals surface area contributed by atoms with Crippen LogP contribution in [0.5, 0.6) is 0 Å². The smallest absolute Gasteiger partial charge is 0.292 e. The third kappa shape index (κ3) is 7.09. The van der Waals surface area contributed by atoms with Crippen LogP contribution in [0.2, 0.25) is 0 Å². The molecule has 0 aromatic heterocycles. The molecule has 2 rings (SSSR count). The van der Waals surface area contributed by atoms with Crippen LogP contribution in [0.4, 0.5) is 22.7 Å². The molecule has 0 heterocycles. The number of hydrogen-bond donors (Lipinski definition) is 2. The second kappa shape index (κ2) is 11.3. The first-order valence-electron chi connectivity index (χ1n) is 8.30. The van der Waals surface area contributed by atoms with Gasteiger partial charge in [0.15, 0.2) is 0 Å². The number of rotatable bonds is 8. The molecule has 0 radical (unpaired) electrons. The predicted octanol–water partition coefficient (Wildman–Crippen LogP) is 4.40. The number of benzene rings is 2. The van der Waals surface area contributed by atoms with Crippen molar-refractivity contribution < 1.29 is 4.92 Å². The number of nitrogens with two attached hydrogens (primary N) is 2. The SMILES string of the molecule is C=CCCN(CCC=C)c1ccc(N)cc1.Nc1ccccc1[N+](=O)[O-]. The summed E-state index contributed by atoms with van der Waals surface area (Å²) in [4.78, 5) is 12.0. The molecule has 0 bridgehead atoms. The summed E-state index contributed by atoms with van der Waals surface area (Å²) in [5.41, 5.74) is 13.1. The fourth-order valence-electron chi connectivity index (χ4n) is 2.20. The molecule has 0 saturated heterocycles. The van der Waals surface area contributed by atoms with Gasteiger partial charge in [0.25, 0.3) is 5.69 Å². The van der Waals surface area contributed by atoms with E-state index in [1.807, 2.05) is 24.3 Å². The Hall–Kier alpha value is -3.28. The van der Waals surface area contributed by atoms with E-state index in [4.69, 9.17) is 11.5 Å². The molecule has 0 aliphatic heterocycles. The molecule has 0 aliphatic rings. The molecule has 6 heteroatoms. The lowest BCUT2D eigenvalue weighted by molar-refractivity contribution is -0.383. The normalized spacial score (nSPS) is 9.54. The highest BCUT2D eigenvalue weighted by atomic mass is 16.6. The number of anilines is 3. The Morgan fingerprint density at radius 2 is 1.50 bits per heavy atom. The summed E-state index contributed by atoms with van der Waals surface area (Å²) < 4.78 is 0. The largest absolute Gasteiger partial charge is 0.399 e. The van der Waals surface area contributed by atoms with Crippen molar-refractivity contribution in [3.63, 3.8) is 0 Å². The van der Waals surface area contributed by atoms with E-state index < -0.39 is 4.92 Å². The average Bonchev–Trinajstić information content (AvgIpc) is 2.63. The van der Waals surface area contributed by atoms with Gasteiger partial charge in [0.05, 0.1) is 4.92 Å². The van der Waals surface area contributed by atoms with Crippen LogP contribution in [-0.4, -0.2) is 18.0 Å². The van der Waals surface area contributed by atoms with Gasteiger partial charge in [0.2, 0.25) is 0 Å². The van der Waals surface area contributed by atoms with E-state index >= 15 is 0 Å². The summed E-state index contributed by atoms with van der Waals surface area (Å²) in [5, 5.41) is 10.1. The quantitative estimate of drug-likeness (QED) is 0.317. The predicted molar refractivity (Wildman–Crippen MR) is 110 cm³/mol. The molecule has 2 aromatic carbocycles. The fraction of sp³-hybridized carbons (Fsp3) is 0.200. The summed E-state index contributed by atoms with van der Waals surface area (Å²) in [7, 11) is 0. The van der Waals surface area contributed by atoms with Crippen molar-refractivity contribution in [2.24, 2.45) is 0 Å². The second-order valence-corrected chi connectivity index (χ2v) is 5.55. The Bertz CT molecular complexity index is 702. The molecule has 0 unspecified atom stereocenters. The molecule has 0 atom stereocenters.